The van der Waals surface area contributed by atoms with Gasteiger partial charge < -0.3 is 10.2 Å². The Balaban J connectivity index is 1.85. The molecule has 1 saturated heterocycles. The molecule has 0 spiro atoms. The highest BCUT2D eigenvalue weighted by Crippen LogP contribution is 2.20. The molecule has 1 aliphatic rings. The van der Waals surface area contributed by atoms with Crippen molar-refractivity contribution in [2.75, 3.05) is 37.6 Å². The summed E-state index contributed by atoms with van der Waals surface area (Å²) in [5, 5.41) is 6.92. The first-order valence-corrected chi connectivity index (χ1v) is 9.01. The molecule has 0 saturated carbocycles. The monoisotopic (exact) mass is 310 g/mol. The standard InChI is InChI=1S/C16H30N4S/c1-5-6-14(13-18-16(2,3)4)19-8-10-20(11-9-19)15-17-7-12-21-15/h7,12,14,18H,5-6,8-11,13H2,1-4H3. The number of hydrogen-bond acceptors (Lipinski definition) is 5. The van der Waals surface area contributed by atoms with Crippen LogP contribution in [0.4, 0.5) is 5.13 Å². The van der Waals surface area contributed by atoms with E-state index >= 15 is 0 Å². The van der Waals surface area contributed by atoms with Crippen LogP contribution in [0.5, 0.6) is 0 Å². The van der Waals surface area contributed by atoms with Crippen LogP contribution in [-0.4, -0.2) is 54.2 Å². The molecule has 1 unspecified atom stereocenters. The van der Waals surface area contributed by atoms with Crippen molar-refractivity contribution in [3.8, 4) is 0 Å². The lowest BCUT2D eigenvalue weighted by Crippen LogP contribution is -2.54. The molecule has 1 aromatic heterocycles. The van der Waals surface area contributed by atoms with Crippen molar-refractivity contribution in [2.45, 2.75) is 52.1 Å². The van der Waals surface area contributed by atoms with Crippen molar-refractivity contribution >= 4 is 16.5 Å². The van der Waals surface area contributed by atoms with E-state index in [-0.39, 0.29) is 5.54 Å². The van der Waals surface area contributed by atoms with Gasteiger partial charge in [0.2, 0.25) is 0 Å². The van der Waals surface area contributed by atoms with Crippen LogP contribution in [-0.2, 0) is 0 Å². The van der Waals surface area contributed by atoms with E-state index in [1.54, 1.807) is 11.3 Å². The molecule has 2 heterocycles. The molecule has 0 aliphatic carbocycles. The van der Waals surface area contributed by atoms with Gasteiger partial charge in [0.15, 0.2) is 5.13 Å². The first-order valence-electron chi connectivity index (χ1n) is 8.13. The minimum atomic E-state index is 0.203. The first kappa shape index (κ1) is 16.7. The van der Waals surface area contributed by atoms with Gasteiger partial charge in [0.25, 0.3) is 0 Å². The molecule has 4 nitrogen and oxygen atoms in total. The van der Waals surface area contributed by atoms with Crippen LogP contribution in [0.3, 0.4) is 0 Å². The Labute approximate surface area is 133 Å². The summed E-state index contributed by atoms with van der Waals surface area (Å²) in [4.78, 5) is 9.51. The second kappa shape index (κ2) is 7.56. The lowest BCUT2D eigenvalue weighted by atomic mass is 10.1. The molecule has 5 heteroatoms. The molecule has 0 bridgehead atoms. The zero-order valence-corrected chi connectivity index (χ0v) is 14.7. The Morgan fingerprint density at radius 3 is 2.52 bits per heavy atom. The van der Waals surface area contributed by atoms with Crippen LogP contribution < -0.4 is 10.2 Å². The summed E-state index contributed by atoms with van der Waals surface area (Å²) in [6.45, 7) is 14.6. The van der Waals surface area contributed by atoms with E-state index < -0.39 is 0 Å². The summed E-state index contributed by atoms with van der Waals surface area (Å²) in [5.74, 6) is 0. The maximum absolute atomic E-state index is 4.43. The van der Waals surface area contributed by atoms with Crippen LogP contribution >= 0.6 is 11.3 Å². The Kier molecular flexibility index (Phi) is 6.02. The Morgan fingerprint density at radius 1 is 1.29 bits per heavy atom. The summed E-state index contributed by atoms with van der Waals surface area (Å²) in [7, 11) is 0. The quantitative estimate of drug-likeness (QED) is 0.875. The fraction of sp³-hybridized carbons (Fsp3) is 0.812. The summed E-state index contributed by atoms with van der Waals surface area (Å²) in [6, 6.07) is 0.660. The van der Waals surface area contributed by atoms with Crippen molar-refractivity contribution in [1.29, 1.82) is 0 Å². The smallest absolute Gasteiger partial charge is 0.185 e. The summed E-state index contributed by atoms with van der Waals surface area (Å²) in [5.41, 5.74) is 0.203. The van der Waals surface area contributed by atoms with Crippen molar-refractivity contribution in [3.63, 3.8) is 0 Å². The molecule has 0 amide bonds. The Hall–Kier alpha value is -0.650. The average Bonchev–Trinajstić information content (AvgIpc) is 2.97. The molecular weight excluding hydrogens is 280 g/mol. The molecule has 21 heavy (non-hydrogen) atoms. The Bertz CT molecular complexity index is 391. The predicted octanol–water partition coefficient (Wildman–Crippen LogP) is 2.82. The highest BCUT2D eigenvalue weighted by atomic mass is 32.1. The lowest BCUT2D eigenvalue weighted by molar-refractivity contribution is 0.163. The fourth-order valence-electron chi connectivity index (χ4n) is 2.82. The zero-order chi connectivity index (χ0) is 15.3. The van der Waals surface area contributed by atoms with Gasteiger partial charge in [-0.15, -0.1) is 11.3 Å². The summed E-state index contributed by atoms with van der Waals surface area (Å²) < 4.78 is 0. The molecule has 1 atom stereocenters. The van der Waals surface area contributed by atoms with Crippen molar-refractivity contribution < 1.29 is 0 Å². The van der Waals surface area contributed by atoms with Gasteiger partial charge >= 0.3 is 0 Å². The number of piperazine rings is 1. The van der Waals surface area contributed by atoms with Gasteiger partial charge in [-0.05, 0) is 27.2 Å². The van der Waals surface area contributed by atoms with Gasteiger partial charge in [-0.2, -0.15) is 0 Å². The van der Waals surface area contributed by atoms with Crippen molar-refractivity contribution in [2.24, 2.45) is 0 Å². The predicted molar refractivity (Wildman–Crippen MR) is 92.4 cm³/mol. The van der Waals surface area contributed by atoms with E-state index in [2.05, 4.69) is 53.2 Å². The molecular formula is C16H30N4S. The van der Waals surface area contributed by atoms with Gasteiger partial charge in [0.1, 0.15) is 0 Å². The molecule has 0 aromatic carbocycles. The van der Waals surface area contributed by atoms with Gasteiger partial charge in [0.05, 0.1) is 0 Å². The summed E-state index contributed by atoms with van der Waals surface area (Å²) in [6.07, 6.45) is 4.43. The molecule has 0 radical (unpaired) electrons. The van der Waals surface area contributed by atoms with Gasteiger partial charge in [-0.25, -0.2) is 4.98 Å². The normalized spacial score (nSPS) is 19.0. The fourth-order valence-corrected chi connectivity index (χ4v) is 3.52. The van der Waals surface area contributed by atoms with E-state index in [9.17, 15) is 0 Å². The Morgan fingerprint density at radius 2 is 2.00 bits per heavy atom. The van der Waals surface area contributed by atoms with Gasteiger partial charge in [0, 0.05) is 55.9 Å². The SMILES string of the molecule is CCCC(CNC(C)(C)C)N1CCN(c2nccs2)CC1. The molecule has 1 fully saturated rings. The lowest BCUT2D eigenvalue weighted by Gasteiger charge is -2.40. The minimum absolute atomic E-state index is 0.203. The van der Waals surface area contributed by atoms with E-state index in [4.69, 9.17) is 0 Å². The number of rotatable bonds is 6. The number of nitrogens with zero attached hydrogens (tertiary/aromatic N) is 3. The maximum Gasteiger partial charge on any atom is 0.185 e. The second-order valence-corrected chi connectivity index (χ2v) is 7.78. The maximum atomic E-state index is 4.43. The minimum Gasteiger partial charge on any atom is -0.346 e. The zero-order valence-electron chi connectivity index (χ0n) is 13.9. The molecule has 1 aromatic rings. The second-order valence-electron chi connectivity index (χ2n) is 6.91. The van der Waals surface area contributed by atoms with Crippen LogP contribution in [0.25, 0.3) is 0 Å². The third-order valence-corrected chi connectivity index (χ3v) is 4.84. The molecule has 1 N–H and O–H groups in total. The van der Waals surface area contributed by atoms with E-state index in [1.165, 1.54) is 18.0 Å². The number of aromatic nitrogens is 1. The molecule has 1 aliphatic heterocycles. The third-order valence-electron chi connectivity index (χ3n) is 4.01. The number of nitrogens with one attached hydrogen (secondary N) is 1. The third kappa shape index (κ3) is 5.24. The van der Waals surface area contributed by atoms with Crippen molar-refractivity contribution in [1.82, 2.24) is 15.2 Å². The number of anilines is 1. The van der Waals surface area contributed by atoms with E-state index in [0.29, 0.717) is 6.04 Å². The van der Waals surface area contributed by atoms with Crippen LogP contribution in [0.2, 0.25) is 0 Å². The number of thiazole rings is 1. The summed E-state index contributed by atoms with van der Waals surface area (Å²) >= 11 is 1.75. The van der Waals surface area contributed by atoms with E-state index in [0.717, 1.165) is 32.7 Å². The van der Waals surface area contributed by atoms with E-state index in [1.807, 2.05) is 6.20 Å². The highest BCUT2D eigenvalue weighted by molar-refractivity contribution is 7.13. The molecule has 2 rings (SSSR count). The average molecular weight is 311 g/mol. The topological polar surface area (TPSA) is 31.4 Å². The highest BCUT2D eigenvalue weighted by Gasteiger charge is 2.25. The van der Waals surface area contributed by atoms with Gasteiger partial charge in [-0.1, -0.05) is 13.3 Å². The molecule has 120 valence electrons. The van der Waals surface area contributed by atoms with Gasteiger partial charge in [-0.3, -0.25) is 4.90 Å². The van der Waals surface area contributed by atoms with Crippen molar-refractivity contribution in [3.05, 3.63) is 11.6 Å². The first-order chi connectivity index (χ1) is 9.99. The largest absolute Gasteiger partial charge is 0.346 e. The van der Waals surface area contributed by atoms with Crippen LogP contribution in [0, 0.1) is 0 Å². The van der Waals surface area contributed by atoms with Crippen LogP contribution in [0.1, 0.15) is 40.5 Å². The number of hydrogen-bond donors (Lipinski definition) is 1. The van der Waals surface area contributed by atoms with Crippen LogP contribution in [0.15, 0.2) is 11.6 Å².